The van der Waals surface area contributed by atoms with Crippen LogP contribution in [0.25, 0.3) is 0 Å². The van der Waals surface area contributed by atoms with Gasteiger partial charge in [-0.25, -0.2) is 0 Å². The molecule has 21 heavy (non-hydrogen) atoms. The molecule has 2 fully saturated rings. The minimum absolute atomic E-state index is 0.0461. The second kappa shape index (κ2) is 7.56. The fourth-order valence-corrected chi connectivity index (χ4v) is 3.57. The normalized spacial score (nSPS) is 36.6. The van der Waals surface area contributed by atoms with Gasteiger partial charge in [0.1, 0.15) is 0 Å². The molecule has 122 valence electrons. The Morgan fingerprint density at radius 2 is 2.00 bits per heavy atom. The molecule has 0 aromatic rings. The van der Waals surface area contributed by atoms with Gasteiger partial charge in [-0.2, -0.15) is 0 Å². The quantitative estimate of drug-likeness (QED) is 0.643. The van der Waals surface area contributed by atoms with Crippen molar-refractivity contribution >= 4 is 5.97 Å². The number of aliphatic hydroxyl groups excluding tert-OH is 1. The first-order chi connectivity index (χ1) is 10.0. The Hall–Kier alpha value is -0.650. The van der Waals surface area contributed by atoms with E-state index < -0.39 is 5.60 Å². The second-order valence-electron chi connectivity index (χ2n) is 6.71. The lowest BCUT2D eigenvalue weighted by molar-refractivity contribution is -0.151. The molecule has 2 atom stereocenters. The van der Waals surface area contributed by atoms with Gasteiger partial charge in [0, 0.05) is 6.54 Å². The molecule has 0 heterocycles. The van der Waals surface area contributed by atoms with Crippen LogP contribution in [0.2, 0.25) is 0 Å². The first-order valence-corrected chi connectivity index (χ1v) is 8.30. The summed E-state index contributed by atoms with van der Waals surface area (Å²) >= 11 is 0. The van der Waals surface area contributed by atoms with Gasteiger partial charge < -0.3 is 20.3 Å². The summed E-state index contributed by atoms with van der Waals surface area (Å²) in [6.07, 6.45) is 5.41. The third kappa shape index (κ3) is 4.94. The van der Waals surface area contributed by atoms with Crippen LogP contribution < -0.4 is 5.32 Å². The predicted molar refractivity (Wildman–Crippen MR) is 79.8 cm³/mol. The van der Waals surface area contributed by atoms with Gasteiger partial charge in [-0.1, -0.05) is 0 Å². The molecule has 2 aliphatic rings. The summed E-state index contributed by atoms with van der Waals surface area (Å²) in [5.41, 5.74) is -0.694. The van der Waals surface area contributed by atoms with Crippen LogP contribution >= 0.6 is 0 Å². The molecule has 0 spiro atoms. The zero-order valence-electron chi connectivity index (χ0n) is 13.0. The average Bonchev–Trinajstić information content (AvgIpc) is 2.85. The van der Waals surface area contributed by atoms with E-state index in [0.29, 0.717) is 44.8 Å². The van der Waals surface area contributed by atoms with Crippen molar-refractivity contribution in [2.24, 2.45) is 11.8 Å². The van der Waals surface area contributed by atoms with Crippen LogP contribution in [-0.4, -0.2) is 47.6 Å². The van der Waals surface area contributed by atoms with Gasteiger partial charge in [-0.15, -0.1) is 0 Å². The first-order valence-electron chi connectivity index (χ1n) is 8.30. The van der Waals surface area contributed by atoms with Gasteiger partial charge >= 0.3 is 5.97 Å². The Morgan fingerprint density at radius 1 is 1.29 bits per heavy atom. The maximum absolute atomic E-state index is 11.7. The van der Waals surface area contributed by atoms with E-state index in [1.807, 2.05) is 6.92 Å². The van der Waals surface area contributed by atoms with Crippen LogP contribution in [0.15, 0.2) is 0 Å². The zero-order valence-corrected chi connectivity index (χ0v) is 13.0. The highest BCUT2D eigenvalue weighted by Crippen LogP contribution is 2.32. The molecule has 2 unspecified atom stereocenters. The number of hydrogen-bond donors (Lipinski definition) is 3. The van der Waals surface area contributed by atoms with Crippen molar-refractivity contribution in [2.75, 3.05) is 19.7 Å². The SMILES string of the molecule is CCOC(=O)C1CCC(O)(CNCC2CCC(O)C2)CC1. The Labute approximate surface area is 127 Å². The molecule has 0 aromatic carbocycles. The van der Waals surface area contributed by atoms with Gasteiger partial charge in [0.2, 0.25) is 0 Å². The van der Waals surface area contributed by atoms with E-state index in [9.17, 15) is 15.0 Å². The smallest absolute Gasteiger partial charge is 0.308 e. The van der Waals surface area contributed by atoms with E-state index in [4.69, 9.17) is 4.74 Å². The van der Waals surface area contributed by atoms with Crippen LogP contribution in [-0.2, 0) is 9.53 Å². The topological polar surface area (TPSA) is 78.8 Å². The molecule has 2 rings (SSSR count). The lowest BCUT2D eigenvalue weighted by Crippen LogP contribution is -2.45. The predicted octanol–water partition coefficient (Wildman–Crippen LogP) is 1.22. The van der Waals surface area contributed by atoms with E-state index in [-0.39, 0.29) is 18.0 Å². The summed E-state index contributed by atoms with van der Waals surface area (Å²) in [4.78, 5) is 11.7. The van der Waals surface area contributed by atoms with Crippen molar-refractivity contribution in [1.82, 2.24) is 5.32 Å². The summed E-state index contributed by atoms with van der Waals surface area (Å²) in [6, 6.07) is 0. The molecule has 5 nitrogen and oxygen atoms in total. The number of carbonyl (C=O) groups excluding carboxylic acids is 1. The molecule has 0 bridgehead atoms. The van der Waals surface area contributed by atoms with Gasteiger partial charge in [-0.3, -0.25) is 4.79 Å². The molecule has 0 aromatic heterocycles. The van der Waals surface area contributed by atoms with E-state index in [0.717, 1.165) is 25.8 Å². The van der Waals surface area contributed by atoms with Crippen molar-refractivity contribution in [1.29, 1.82) is 0 Å². The maximum atomic E-state index is 11.7. The van der Waals surface area contributed by atoms with Gasteiger partial charge in [0.25, 0.3) is 0 Å². The van der Waals surface area contributed by atoms with Crippen LogP contribution in [0.3, 0.4) is 0 Å². The lowest BCUT2D eigenvalue weighted by Gasteiger charge is -2.35. The third-order valence-corrected chi connectivity index (χ3v) is 4.94. The minimum atomic E-state index is -0.694. The molecular weight excluding hydrogens is 270 g/mol. The highest BCUT2D eigenvalue weighted by atomic mass is 16.5. The van der Waals surface area contributed by atoms with Crippen LogP contribution in [0.5, 0.6) is 0 Å². The first kappa shape index (κ1) is 16.7. The number of aliphatic hydroxyl groups is 2. The van der Waals surface area contributed by atoms with Crippen LogP contribution in [0.1, 0.15) is 51.9 Å². The Balaban J connectivity index is 1.66. The van der Waals surface area contributed by atoms with Crippen molar-refractivity contribution in [3.05, 3.63) is 0 Å². The summed E-state index contributed by atoms with van der Waals surface area (Å²) in [7, 11) is 0. The van der Waals surface area contributed by atoms with E-state index >= 15 is 0 Å². The molecule has 0 aliphatic heterocycles. The fourth-order valence-electron chi connectivity index (χ4n) is 3.57. The lowest BCUT2D eigenvalue weighted by atomic mass is 9.78. The fraction of sp³-hybridized carbons (Fsp3) is 0.938. The van der Waals surface area contributed by atoms with Gasteiger partial charge in [0.15, 0.2) is 0 Å². The van der Waals surface area contributed by atoms with E-state index in [1.165, 1.54) is 0 Å². The number of ether oxygens (including phenoxy) is 1. The largest absolute Gasteiger partial charge is 0.466 e. The van der Waals surface area contributed by atoms with Crippen LogP contribution in [0, 0.1) is 11.8 Å². The number of carbonyl (C=O) groups is 1. The molecule has 2 saturated carbocycles. The third-order valence-electron chi connectivity index (χ3n) is 4.94. The molecule has 3 N–H and O–H groups in total. The second-order valence-corrected chi connectivity index (χ2v) is 6.71. The van der Waals surface area contributed by atoms with Gasteiger partial charge in [-0.05, 0) is 64.3 Å². The van der Waals surface area contributed by atoms with E-state index in [2.05, 4.69) is 5.32 Å². The molecular formula is C16H29NO4. The molecule has 0 radical (unpaired) electrons. The maximum Gasteiger partial charge on any atom is 0.308 e. The summed E-state index contributed by atoms with van der Waals surface area (Å²) in [6.45, 7) is 3.69. The summed E-state index contributed by atoms with van der Waals surface area (Å²) in [5, 5.41) is 23.4. The average molecular weight is 299 g/mol. The Bertz CT molecular complexity index is 339. The monoisotopic (exact) mass is 299 g/mol. The standard InChI is InChI=1S/C16H29NO4/c1-2-21-15(19)13-5-7-16(20,8-6-13)11-17-10-12-3-4-14(18)9-12/h12-14,17-18,20H,2-11H2,1H3. The highest BCUT2D eigenvalue weighted by Gasteiger charge is 2.36. The van der Waals surface area contributed by atoms with Gasteiger partial charge in [0.05, 0.1) is 24.2 Å². The highest BCUT2D eigenvalue weighted by molar-refractivity contribution is 5.72. The number of hydrogen-bond acceptors (Lipinski definition) is 5. The summed E-state index contributed by atoms with van der Waals surface area (Å²) < 4.78 is 5.05. The van der Waals surface area contributed by atoms with Crippen LogP contribution in [0.4, 0.5) is 0 Å². The van der Waals surface area contributed by atoms with E-state index in [1.54, 1.807) is 0 Å². The number of rotatable bonds is 6. The molecule has 2 aliphatic carbocycles. The minimum Gasteiger partial charge on any atom is -0.466 e. The van der Waals surface area contributed by atoms with Crippen molar-refractivity contribution in [2.45, 2.75) is 63.6 Å². The molecule has 0 amide bonds. The van der Waals surface area contributed by atoms with Crippen molar-refractivity contribution < 1.29 is 19.7 Å². The number of nitrogens with one attached hydrogen (secondary N) is 1. The number of esters is 1. The van der Waals surface area contributed by atoms with Crippen molar-refractivity contribution in [3.8, 4) is 0 Å². The zero-order chi connectivity index (χ0) is 15.3. The summed E-state index contributed by atoms with van der Waals surface area (Å²) in [5.74, 6) is 0.363. The Kier molecular flexibility index (Phi) is 6.02. The molecule has 0 saturated heterocycles. The van der Waals surface area contributed by atoms with Crippen molar-refractivity contribution in [3.63, 3.8) is 0 Å². The Morgan fingerprint density at radius 3 is 2.57 bits per heavy atom. The molecule has 5 heteroatoms.